The van der Waals surface area contributed by atoms with Gasteiger partial charge < -0.3 is 10.4 Å². The molecule has 0 radical (unpaired) electrons. The molecule has 4 N–H and O–H groups in total. The Morgan fingerprint density at radius 3 is 2.38 bits per heavy atom. The topological polar surface area (TPSA) is 109 Å². The molecule has 0 saturated heterocycles. The highest BCUT2D eigenvalue weighted by Gasteiger charge is 2.28. The van der Waals surface area contributed by atoms with Crippen molar-refractivity contribution in [3.63, 3.8) is 0 Å². The minimum Gasteiger partial charge on any atom is -0.389 e. The highest BCUT2D eigenvalue weighted by atomic mass is 35.5. The van der Waals surface area contributed by atoms with E-state index in [1.807, 2.05) is 6.92 Å². The lowest BCUT2D eigenvalue weighted by Gasteiger charge is -2.23. The summed E-state index contributed by atoms with van der Waals surface area (Å²) < 4.78 is 23.8. The Morgan fingerprint density at radius 1 is 1.18 bits per heavy atom. The van der Waals surface area contributed by atoms with Crippen molar-refractivity contribution in [3.05, 3.63) is 38.2 Å². The molecule has 1 amide bonds. The van der Waals surface area contributed by atoms with Gasteiger partial charge in [-0.15, -0.1) is 11.3 Å². The van der Waals surface area contributed by atoms with E-state index in [1.54, 1.807) is 19.9 Å². The number of aliphatic hydroxyl groups is 1. The van der Waals surface area contributed by atoms with Gasteiger partial charge in [0.1, 0.15) is 4.90 Å². The van der Waals surface area contributed by atoms with Crippen LogP contribution in [-0.2, 0) is 22.9 Å². The molecule has 1 aromatic heterocycles. The van der Waals surface area contributed by atoms with Crippen molar-refractivity contribution in [2.45, 2.75) is 76.2 Å². The zero-order valence-corrected chi connectivity index (χ0v) is 22.9. The fourth-order valence-electron chi connectivity index (χ4n) is 4.47. The fraction of sp³-hybridized carbons (Fsp3) is 0.542. The van der Waals surface area contributed by atoms with Crippen LogP contribution in [0.5, 0.6) is 0 Å². The summed E-state index contributed by atoms with van der Waals surface area (Å²) in [6.07, 6.45) is 7.38. The highest BCUT2D eigenvalue weighted by Crippen LogP contribution is 2.45. The van der Waals surface area contributed by atoms with Crippen molar-refractivity contribution < 1.29 is 18.3 Å². The second kappa shape index (κ2) is 10.8. The molecule has 0 atom stereocenters. The Balaban J connectivity index is 2.14. The molecule has 0 unspecified atom stereocenters. The molecule has 0 spiro atoms. The van der Waals surface area contributed by atoms with Gasteiger partial charge >= 0.3 is 0 Å². The number of hydrogen-bond acceptors (Lipinski definition) is 5. The number of primary sulfonamides is 1. The van der Waals surface area contributed by atoms with Gasteiger partial charge in [-0.05, 0) is 49.8 Å². The van der Waals surface area contributed by atoms with Crippen LogP contribution in [0.15, 0.2) is 17.0 Å². The first-order valence-corrected chi connectivity index (χ1v) is 14.6. The maximum atomic E-state index is 13.1. The molecule has 0 bridgehead atoms. The zero-order valence-electron chi connectivity index (χ0n) is 19.7. The molecule has 3 rings (SSSR count). The lowest BCUT2D eigenvalue weighted by Crippen LogP contribution is -2.38. The van der Waals surface area contributed by atoms with Gasteiger partial charge in [0.15, 0.2) is 0 Å². The molecular formula is C24H32Cl2N2O4S2. The van der Waals surface area contributed by atoms with Gasteiger partial charge in [-0.3, -0.25) is 4.79 Å². The van der Waals surface area contributed by atoms with Crippen molar-refractivity contribution in [3.8, 4) is 10.4 Å². The predicted octanol–water partition coefficient (Wildman–Crippen LogP) is 5.56. The van der Waals surface area contributed by atoms with Crippen LogP contribution >= 0.6 is 34.5 Å². The van der Waals surface area contributed by atoms with Gasteiger partial charge in [0.2, 0.25) is 10.0 Å². The molecule has 1 aliphatic carbocycles. The number of sulfonamides is 1. The number of benzene rings is 1. The summed E-state index contributed by atoms with van der Waals surface area (Å²) in [7, 11) is -4.03. The number of hydrogen-bond donors (Lipinski definition) is 3. The van der Waals surface area contributed by atoms with Crippen LogP contribution in [0.4, 0.5) is 0 Å². The van der Waals surface area contributed by atoms with Gasteiger partial charge in [0.25, 0.3) is 5.91 Å². The van der Waals surface area contributed by atoms with Gasteiger partial charge in [-0.25, -0.2) is 13.6 Å². The van der Waals surface area contributed by atoms with E-state index < -0.39 is 15.6 Å². The summed E-state index contributed by atoms with van der Waals surface area (Å²) in [5.74, 6) is 0.265. The Labute approximate surface area is 215 Å². The summed E-state index contributed by atoms with van der Waals surface area (Å²) >= 11 is 14.2. The molecule has 6 nitrogen and oxygen atoms in total. The van der Waals surface area contributed by atoms with Crippen LogP contribution in [0, 0.1) is 5.92 Å². The smallest absolute Gasteiger partial charge is 0.261 e. The molecule has 2 aromatic rings. The van der Waals surface area contributed by atoms with Crippen molar-refractivity contribution in [1.29, 1.82) is 0 Å². The SMILES string of the molecule is CCc1c(C(=O)NCC(C)(C)O)sc(-c2ccc(S(N)(=O)=O)c(Cl)c2Cl)c1CC1CCCCC1. The number of amides is 1. The normalized spacial score (nSPS) is 15.5. The van der Waals surface area contributed by atoms with E-state index in [2.05, 4.69) is 5.32 Å². The number of carbonyl (C=O) groups excluding carboxylic acids is 1. The molecule has 1 saturated carbocycles. The average molecular weight is 548 g/mol. The molecule has 1 aliphatic rings. The standard InChI is InChI=1S/C24H32Cl2N2O4S2/c1-4-15-17(12-14-8-6-5-7-9-14)21(33-22(15)23(29)28-13-24(2,3)30)16-10-11-18(34(27,31)32)20(26)19(16)25/h10-11,14,30H,4-9,12-13H2,1-3H3,(H,28,29)(H2,27,31,32). The molecule has 1 heterocycles. The third kappa shape index (κ3) is 6.33. The maximum absolute atomic E-state index is 13.1. The number of halogens is 2. The number of carbonyl (C=O) groups is 1. The van der Waals surface area contributed by atoms with Crippen LogP contribution < -0.4 is 10.5 Å². The average Bonchev–Trinajstić information content (AvgIpc) is 3.11. The quantitative estimate of drug-likeness (QED) is 0.402. The van der Waals surface area contributed by atoms with E-state index in [0.29, 0.717) is 22.8 Å². The van der Waals surface area contributed by atoms with E-state index in [4.69, 9.17) is 28.3 Å². The van der Waals surface area contributed by atoms with Gasteiger partial charge in [0.05, 0.1) is 20.5 Å². The van der Waals surface area contributed by atoms with Crippen LogP contribution in [-0.4, -0.2) is 31.6 Å². The second-order valence-electron chi connectivity index (χ2n) is 9.56. The summed E-state index contributed by atoms with van der Waals surface area (Å²) in [5.41, 5.74) is 1.58. The number of rotatable bonds is 8. The van der Waals surface area contributed by atoms with Crippen molar-refractivity contribution >= 4 is 50.5 Å². The Kier molecular flexibility index (Phi) is 8.75. The molecule has 188 valence electrons. The van der Waals surface area contributed by atoms with Gasteiger partial charge in [-0.2, -0.15) is 0 Å². The summed E-state index contributed by atoms with van der Waals surface area (Å²) in [6, 6.07) is 2.98. The number of nitrogens with one attached hydrogen (secondary N) is 1. The molecule has 10 heteroatoms. The van der Waals surface area contributed by atoms with E-state index in [0.717, 1.165) is 35.3 Å². The maximum Gasteiger partial charge on any atom is 0.261 e. The summed E-state index contributed by atoms with van der Waals surface area (Å²) in [6.45, 7) is 5.41. The Morgan fingerprint density at radius 2 is 1.82 bits per heavy atom. The lowest BCUT2D eigenvalue weighted by atomic mass is 9.83. The van der Waals surface area contributed by atoms with E-state index in [-0.39, 0.29) is 27.4 Å². The first-order valence-electron chi connectivity index (χ1n) is 11.5. The van der Waals surface area contributed by atoms with Crippen LogP contribution in [0.25, 0.3) is 10.4 Å². The van der Waals surface area contributed by atoms with Gasteiger partial charge in [0, 0.05) is 17.0 Å². The third-order valence-corrected chi connectivity index (χ3v) is 9.43. The predicted molar refractivity (Wildman–Crippen MR) is 139 cm³/mol. The Bertz CT molecular complexity index is 1160. The summed E-state index contributed by atoms with van der Waals surface area (Å²) in [5, 5.41) is 18.1. The van der Waals surface area contributed by atoms with Crippen molar-refractivity contribution in [2.24, 2.45) is 11.1 Å². The van der Waals surface area contributed by atoms with E-state index in [1.165, 1.54) is 36.7 Å². The lowest BCUT2D eigenvalue weighted by molar-refractivity contribution is 0.0696. The van der Waals surface area contributed by atoms with Crippen molar-refractivity contribution in [2.75, 3.05) is 6.54 Å². The van der Waals surface area contributed by atoms with Crippen molar-refractivity contribution in [1.82, 2.24) is 5.32 Å². The molecule has 1 fully saturated rings. The van der Waals surface area contributed by atoms with E-state index >= 15 is 0 Å². The largest absolute Gasteiger partial charge is 0.389 e. The molecule has 1 aromatic carbocycles. The van der Waals surface area contributed by atoms with Gasteiger partial charge in [-0.1, -0.05) is 68.3 Å². The minimum absolute atomic E-state index is 0.102. The second-order valence-corrected chi connectivity index (χ2v) is 12.9. The zero-order chi connectivity index (χ0) is 25.3. The Hall–Kier alpha value is -1.16. The first-order chi connectivity index (χ1) is 15.8. The monoisotopic (exact) mass is 546 g/mol. The number of thiophene rings is 1. The molecule has 0 aliphatic heterocycles. The fourth-order valence-corrected chi connectivity index (χ4v) is 7.31. The number of nitrogens with two attached hydrogens (primary N) is 1. The summed E-state index contributed by atoms with van der Waals surface area (Å²) in [4.78, 5) is 14.3. The van der Waals surface area contributed by atoms with Crippen LogP contribution in [0.3, 0.4) is 0 Å². The van der Waals surface area contributed by atoms with E-state index in [9.17, 15) is 18.3 Å². The minimum atomic E-state index is -4.03. The first kappa shape index (κ1) is 27.4. The highest BCUT2D eigenvalue weighted by molar-refractivity contribution is 7.89. The third-order valence-electron chi connectivity index (χ3n) is 6.17. The molecule has 34 heavy (non-hydrogen) atoms. The molecular weight excluding hydrogens is 515 g/mol. The van der Waals surface area contributed by atoms with Crippen LogP contribution in [0.2, 0.25) is 10.0 Å². The van der Waals surface area contributed by atoms with Crippen LogP contribution in [0.1, 0.15) is 73.7 Å².